The Hall–Kier alpha value is -1.64. The predicted octanol–water partition coefficient (Wildman–Crippen LogP) is 10.1. The molecule has 208 valence electrons. The molecular formula is C35H58N2. The molecule has 2 aromatic rings. The number of nitrogens with one attached hydrogen (secondary N) is 2. The Labute approximate surface area is 230 Å². The highest BCUT2D eigenvalue weighted by molar-refractivity contribution is 5.38. The van der Waals surface area contributed by atoms with E-state index in [1.165, 1.54) is 114 Å². The fourth-order valence-electron chi connectivity index (χ4n) is 5.62. The van der Waals surface area contributed by atoms with Crippen LogP contribution in [0.1, 0.15) is 142 Å². The van der Waals surface area contributed by atoms with E-state index in [4.69, 9.17) is 0 Å². The van der Waals surface area contributed by atoms with Gasteiger partial charge >= 0.3 is 0 Å². The molecule has 37 heavy (non-hydrogen) atoms. The highest BCUT2D eigenvalue weighted by Gasteiger charge is 2.36. The van der Waals surface area contributed by atoms with E-state index in [1.807, 2.05) is 0 Å². The van der Waals surface area contributed by atoms with Crippen molar-refractivity contribution in [2.24, 2.45) is 0 Å². The van der Waals surface area contributed by atoms with Gasteiger partial charge in [0.2, 0.25) is 0 Å². The largest absolute Gasteiger partial charge is 0.289 e. The summed E-state index contributed by atoms with van der Waals surface area (Å²) in [5.41, 5.74) is 2.22. The third-order valence-electron chi connectivity index (χ3n) is 7.82. The quantitative estimate of drug-likeness (QED) is 0.123. The summed E-state index contributed by atoms with van der Waals surface area (Å²) in [5, 5.41) is 8.24. The van der Waals surface area contributed by atoms with Gasteiger partial charge in [-0.15, -0.1) is 0 Å². The molecule has 0 bridgehead atoms. The molecule has 2 N–H and O–H groups in total. The monoisotopic (exact) mass is 506 g/mol. The molecule has 0 heterocycles. The molecule has 0 aromatic heterocycles. The Balaban J connectivity index is 2.07. The smallest absolute Gasteiger partial charge is 0.122 e. The summed E-state index contributed by atoms with van der Waals surface area (Å²) in [6, 6.07) is 23.0. The number of rotatable bonds is 22. The van der Waals surface area contributed by atoms with Gasteiger partial charge in [-0.05, 0) is 37.8 Å². The van der Waals surface area contributed by atoms with Crippen molar-refractivity contribution in [1.29, 1.82) is 0 Å². The maximum Gasteiger partial charge on any atom is 0.122 e. The van der Waals surface area contributed by atoms with Gasteiger partial charge in [-0.1, -0.05) is 164 Å². The molecule has 0 saturated carbocycles. The van der Waals surface area contributed by atoms with Gasteiger partial charge in [0.25, 0.3) is 0 Å². The lowest BCUT2D eigenvalue weighted by Crippen LogP contribution is -2.60. The predicted molar refractivity (Wildman–Crippen MR) is 164 cm³/mol. The number of unbranched alkanes of at least 4 members (excludes halogenated alkanes) is 12. The second kappa shape index (κ2) is 19.4. The van der Waals surface area contributed by atoms with E-state index in [0.717, 1.165) is 0 Å². The molecule has 2 heteroatoms. The molecule has 0 aliphatic rings. The lowest BCUT2D eigenvalue weighted by atomic mass is 9.88. The van der Waals surface area contributed by atoms with Crippen molar-refractivity contribution in [2.75, 3.05) is 0 Å². The number of benzene rings is 2. The van der Waals surface area contributed by atoms with Gasteiger partial charge in [0.1, 0.15) is 5.66 Å². The summed E-state index contributed by atoms with van der Waals surface area (Å²) in [6.45, 7) is 9.34. The minimum atomic E-state index is -0.385. The third kappa shape index (κ3) is 12.2. The van der Waals surface area contributed by atoms with Gasteiger partial charge in [-0.2, -0.15) is 0 Å². The van der Waals surface area contributed by atoms with E-state index in [2.05, 4.69) is 99.0 Å². The van der Waals surface area contributed by atoms with Crippen molar-refractivity contribution in [1.82, 2.24) is 10.6 Å². The topological polar surface area (TPSA) is 24.1 Å². The van der Waals surface area contributed by atoms with Crippen LogP contribution in [-0.4, -0.2) is 12.1 Å². The molecule has 0 spiro atoms. The average Bonchev–Trinajstić information content (AvgIpc) is 2.92. The Morgan fingerprint density at radius 2 is 0.811 bits per heavy atom. The summed E-state index contributed by atoms with van der Waals surface area (Å²) >= 11 is 0. The van der Waals surface area contributed by atoms with Gasteiger partial charge in [0, 0.05) is 12.1 Å². The van der Waals surface area contributed by atoms with Crippen molar-refractivity contribution in [2.45, 2.75) is 148 Å². The lowest BCUT2D eigenvalue weighted by molar-refractivity contribution is 0.245. The molecule has 2 nitrogen and oxygen atoms in total. The summed E-state index contributed by atoms with van der Waals surface area (Å²) in [7, 11) is 0. The van der Waals surface area contributed by atoms with Crippen LogP contribution in [0.4, 0.5) is 0 Å². The molecule has 2 atom stereocenters. The third-order valence-corrected chi connectivity index (χ3v) is 7.82. The fourth-order valence-corrected chi connectivity index (χ4v) is 5.62. The molecule has 2 unspecified atom stereocenters. The number of hydrogen-bond acceptors (Lipinski definition) is 2. The van der Waals surface area contributed by atoms with Crippen LogP contribution in [0.15, 0.2) is 60.7 Å². The van der Waals surface area contributed by atoms with Crippen molar-refractivity contribution in [3.8, 4) is 0 Å². The van der Waals surface area contributed by atoms with Gasteiger partial charge < -0.3 is 0 Å². The molecule has 0 radical (unpaired) electrons. The van der Waals surface area contributed by atoms with Crippen molar-refractivity contribution in [3.63, 3.8) is 0 Å². The maximum absolute atomic E-state index is 4.12. The maximum atomic E-state index is 4.12. The van der Waals surface area contributed by atoms with Gasteiger partial charge in [0.05, 0.1) is 0 Å². The van der Waals surface area contributed by atoms with Crippen LogP contribution in [0.5, 0.6) is 0 Å². The molecular weight excluding hydrogens is 448 g/mol. The Morgan fingerprint density at radius 3 is 1.16 bits per heavy atom. The van der Waals surface area contributed by atoms with E-state index in [1.54, 1.807) is 0 Å². The fraction of sp³-hybridized carbons (Fsp3) is 0.657. The van der Waals surface area contributed by atoms with Crippen LogP contribution in [0, 0.1) is 0 Å². The van der Waals surface area contributed by atoms with Crippen molar-refractivity contribution in [3.05, 3.63) is 71.8 Å². The van der Waals surface area contributed by atoms with E-state index in [9.17, 15) is 0 Å². The molecule has 0 amide bonds. The number of hydrogen-bond donors (Lipinski definition) is 2. The lowest BCUT2D eigenvalue weighted by Gasteiger charge is -2.42. The Bertz CT molecular complexity index is 705. The minimum absolute atomic E-state index is 0.385. The minimum Gasteiger partial charge on any atom is -0.289 e. The van der Waals surface area contributed by atoms with E-state index < -0.39 is 0 Å². The van der Waals surface area contributed by atoms with Crippen LogP contribution in [-0.2, 0) is 5.66 Å². The first-order valence-electron chi connectivity index (χ1n) is 15.8. The second-order valence-corrected chi connectivity index (χ2v) is 11.4. The second-order valence-electron chi connectivity index (χ2n) is 11.4. The van der Waals surface area contributed by atoms with Crippen LogP contribution in [0.2, 0.25) is 0 Å². The standard InChI is InChI=1S/C35H58N2/c1-5-7-9-11-13-15-19-25-31(3)36-35(33-27-21-17-22-28-33,34-29-23-18-24-30-34)37-32(4)26-20-16-14-12-10-8-6-2/h17-18,21-24,27-32,36-37H,5-16,19-20,25-26H2,1-4H3. The summed E-state index contributed by atoms with van der Waals surface area (Å²) in [6.07, 6.45) is 21.5. The molecule has 0 aliphatic carbocycles. The van der Waals surface area contributed by atoms with E-state index >= 15 is 0 Å². The van der Waals surface area contributed by atoms with Crippen LogP contribution < -0.4 is 10.6 Å². The van der Waals surface area contributed by atoms with E-state index in [-0.39, 0.29) is 5.66 Å². The van der Waals surface area contributed by atoms with Crippen LogP contribution in [0.25, 0.3) is 0 Å². The zero-order valence-electron chi connectivity index (χ0n) is 24.7. The first-order valence-corrected chi connectivity index (χ1v) is 15.8. The molecule has 0 saturated heterocycles. The van der Waals surface area contributed by atoms with Gasteiger partial charge in [0.15, 0.2) is 0 Å². The Kier molecular flexibility index (Phi) is 16.6. The Morgan fingerprint density at radius 1 is 0.486 bits per heavy atom. The summed E-state index contributed by atoms with van der Waals surface area (Å²) < 4.78 is 0. The zero-order valence-corrected chi connectivity index (χ0v) is 24.7. The summed E-state index contributed by atoms with van der Waals surface area (Å²) in [5.74, 6) is 0. The highest BCUT2D eigenvalue weighted by atomic mass is 15.2. The molecule has 0 fully saturated rings. The first-order chi connectivity index (χ1) is 18.1. The first kappa shape index (κ1) is 31.6. The van der Waals surface area contributed by atoms with Crippen LogP contribution in [0.3, 0.4) is 0 Å². The van der Waals surface area contributed by atoms with Crippen molar-refractivity contribution >= 4 is 0 Å². The van der Waals surface area contributed by atoms with Crippen molar-refractivity contribution < 1.29 is 0 Å². The molecule has 2 rings (SSSR count). The van der Waals surface area contributed by atoms with Crippen LogP contribution >= 0.6 is 0 Å². The normalized spacial score (nSPS) is 13.5. The highest BCUT2D eigenvalue weighted by Crippen LogP contribution is 2.30. The van der Waals surface area contributed by atoms with Gasteiger partial charge in [-0.3, -0.25) is 10.6 Å². The zero-order chi connectivity index (χ0) is 26.6. The van der Waals surface area contributed by atoms with E-state index in [0.29, 0.717) is 12.1 Å². The van der Waals surface area contributed by atoms with Gasteiger partial charge in [-0.25, -0.2) is 0 Å². The molecule has 0 aliphatic heterocycles. The SMILES string of the molecule is CCCCCCCCCC(C)NC(NC(C)CCCCCCCCC)(c1ccccc1)c1ccccc1. The summed E-state index contributed by atoms with van der Waals surface area (Å²) in [4.78, 5) is 0. The molecule has 2 aromatic carbocycles. The average molecular weight is 507 g/mol.